The van der Waals surface area contributed by atoms with E-state index >= 15 is 0 Å². The summed E-state index contributed by atoms with van der Waals surface area (Å²) < 4.78 is 0. The number of aryl methyl sites for hydroxylation is 1. The summed E-state index contributed by atoms with van der Waals surface area (Å²) in [7, 11) is 0. The monoisotopic (exact) mass is 239 g/mol. The largest absolute Gasteiger partial charge is 0.321 e. The van der Waals surface area contributed by atoms with Crippen LogP contribution in [-0.4, -0.2) is 5.91 Å². The Labute approximate surface area is 107 Å². The Hall–Kier alpha value is -1.83. The van der Waals surface area contributed by atoms with Crippen molar-refractivity contribution in [2.24, 2.45) is 5.92 Å². The molecule has 0 radical (unpaired) electrons. The molecule has 0 unspecified atom stereocenters. The van der Waals surface area contributed by atoms with Gasteiger partial charge in [-0.1, -0.05) is 29.9 Å². The summed E-state index contributed by atoms with van der Waals surface area (Å²) >= 11 is 0. The lowest BCUT2D eigenvalue weighted by Crippen LogP contribution is -2.06. The smallest absolute Gasteiger partial charge is 0.256 e. The molecule has 18 heavy (non-hydrogen) atoms. The highest BCUT2D eigenvalue weighted by molar-refractivity contribution is 6.31. The van der Waals surface area contributed by atoms with Crippen LogP contribution in [0.1, 0.15) is 30.4 Å². The van der Waals surface area contributed by atoms with Gasteiger partial charge in [-0.05, 0) is 44.2 Å². The number of anilines is 1. The fourth-order valence-electron chi connectivity index (χ4n) is 2.67. The molecule has 0 spiro atoms. The fraction of sp³-hybridized carbons (Fsp3) is 0.312. The third kappa shape index (κ3) is 1.99. The Morgan fingerprint density at radius 2 is 2.22 bits per heavy atom. The lowest BCUT2D eigenvalue weighted by atomic mass is 9.91. The number of carbonyl (C=O) groups is 1. The first kappa shape index (κ1) is 11.3. The average Bonchev–Trinajstić information content (AvgIpc) is 2.67. The predicted molar refractivity (Wildman–Crippen MR) is 74.3 cm³/mol. The molecule has 1 aliphatic carbocycles. The lowest BCUT2D eigenvalue weighted by molar-refractivity contribution is -0.110. The normalized spacial score (nSPS) is 24.2. The van der Waals surface area contributed by atoms with Gasteiger partial charge in [0.15, 0.2) is 0 Å². The molecule has 1 aliphatic heterocycles. The minimum Gasteiger partial charge on any atom is -0.321 e. The van der Waals surface area contributed by atoms with E-state index in [1.807, 2.05) is 12.1 Å². The second-order valence-electron chi connectivity index (χ2n) is 5.13. The maximum Gasteiger partial charge on any atom is 0.256 e. The van der Waals surface area contributed by atoms with Crippen LogP contribution in [0.5, 0.6) is 0 Å². The van der Waals surface area contributed by atoms with E-state index in [0.717, 1.165) is 36.1 Å². The van der Waals surface area contributed by atoms with E-state index in [1.54, 1.807) is 0 Å². The van der Waals surface area contributed by atoms with Crippen LogP contribution in [0.3, 0.4) is 0 Å². The third-order valence-electron chi connectivity index (χ3n) is 3.67. The molecular formula is C16H17NO. The standard InChI is InChI=1S/C16H17NO/c1-11-7-8-15-13(9-11)14(16(18)17-15)10-12-5-3-2-4-6-12/h2-3,7-10,12H,4-6H2,1H3,(H,17,18)/b14-10-/t12-/m0/s1. The van der Waals surface area contributed by atoms with Gasteiger partial charge in [0.2, 0.25) is 0 Å². The first-order valence-corrected chi connectivity index (χ1v) is 6.53. The van der Waals surface area contributed by atoms with E-state index in [9.17, 15) is 4.79 Å². The number of allylic oxidation sites excluding steroid dienone is 3. The Bertz CT molecular complexity index is 554. The fourth-order valence-corrected chi connectivity index (χ4v) is 2.67. The quantitative estimate of drug-likeness (QED) is 0.587. The van der Waals surface area contributed by atoms with Crippen molar-refractivity contribution in [3.8, 4) is 0 Å². The predicted octanol–water partition coefficient (Wildman–Crippen LogP) is 3.69. The number of carbonyl (C=O) groups excluding carboxylic acids is 1. The molecule has 2 heteroatoms. The Kier molecular flexibility index (Phi) is 2.78. The number of hydrogen-bond donors (Lipinski definition) is 1. The molecule has 1 atom stereocenters. The second-order valence-corrected chi connectivity index (χ2v) is 5.13. The van der Waals surface area contributed by atoms with E-state index in [1.165, 1.54) is 5.56 Å². The van der Waals surface area contributed by atoms with Gasteiger partial charge in [0.05, 0.1) is 0 Å². The number of nitrogens with one attached hydrogen (secondary N) is 1. The van der Waals surface area contributed by atoms with Crippen LogP contribution >= 0.6 is 0 Å². The van der Waals surface area contributed by atoms with Crippen LogP contribution in [0.2, 0.25) is 0 Å². The van der Waals surface area contributed by atoms with Gasteiger partial charge < -0.3 is 5.32 Å². The summed E-state index contributed by atoms with van der Waals surface area (Å²) in [4.78, 5) is 12.0. The number of hydrogen-bond acceptors (Lipinski definition) is 1. The second kappa shape index (κ2) is 4.45. The molecule has 92 valence electrons. The maximum absolute atomic E-state index is 12.0. The Balaban J connectivity index is 1.97. The van der Waals surface area contributed by atoms with Gasteiger partial charge in [0, 0.05) is 16.8 Å². The number of fused-ring (bicyclic) bond motifs is 1. The van der Waals surface area contributed by atoms with E-state index in [2.05, 4.69) is 36.5 Å². The summed E-state index contributed by atoms with van der Waals surface area (Å²) in [6.07, 6.45) is 9.92. The van der Waals surface area contributed by atoms with Gasteiger partial charge >= 0.3 is 0 Å². The molecular weight excluding hydrogens is 222 g/mol. The van der Waals surface area contributed by atoms with Crippen molar-refractivity contribution >= 4 is 17.2 Å². The van der Waals surface area contributed by atoms with Crippen molar-refractivity contribution in [1.29, 1.82) is 0 Å². The van der Waals surface area contributed by atoms with Crippen molar-refractivity contribution in [2.75, 3.05) is 5.32 Å². The molecule has 0 fully saturated rings. The van der Waals surface area contributed by atoms with Gasteiger partial charge in [-0.15, -0.1) is 0 Å². The number of benzene rings is 1. The molecule has 1 heterocycles. The summed E-state index contributed by atoms with van der Waals surface area (Å²) in [6.45, 7) is 2.06. The number of amides is 1. The molecule has 1 amide bonds. The van der Waals surface area contributed by atoms with Crippen molar-refractivity contribution in [3.63, 3.8) is 0 Å². The van der Waals surface area contributed by atoms with Crippen LogP contribution in [-0.2, 0) is 4.79 Å². The Morgan fingerprint density at radius 1 is 1.33 bits per heavy atom. The SMILES string of the molecule is Cc1ccc2c(c1)/C(=C/[C@H]1CC=CCC1)C(=O)N2. The first-order valence-electron chi connectivity index (χ1n) is 6.53. The zero-order valence-corrected chi connectivity index (χ0v) is 10.6. The zero-order valence-electron chi connectivity index (χ0n) is 10.6. The summed E-state index contributed by atoms with van der Waals surface area (Å²) in [6, 6.07) is 6.12. The molecule has 3 rings (SSSR count). The number of rotatable bonds is 1. The van der Waals surface area contributed by atoms with Gasteiger partial charge in [0.25, 0.3) is 5.91 Å². The summed E-state index contributed by atoms with van der Waals surface area (Å²) in [5, 5.41) is 2.94. The minimum absolute atomic E-state index is 0.0464. The minimum atomic E-state index is 0.0464. The Morgan fingerprint density at radius 3 is 3.00 bits per heavy atom. The highest BCUT2D eigenvalue weighted by Gasteiger charge is 2.25. The van der Waals surface area contributed by atoms with Crippen molar-refractivity contribution in [3.05, 3.63) is 47.6 Å². The zero-order chi connectivity index (χ0) is 12.5. The molecule has 1 N–H and O–H groups in total. The van der Waals surface area contributed by atoms with Crippen molar-refractivity contribution in [1.82, 2.24) is 0 Å². The maximum atomic E-state index is 12.0. The average molecular weight is 239 g/mol. The molecule has 2 nitrogen and oxygen atoms in total. The van der Waals surface area contributed by atoms with Crippen LogP contribution in [0.4, 0.5) is 5.69 Å². The van der Waals surface area contributed by atoms with Crippen molar-refractivity contribution in [2.45, 2.75) is 26.2 Å². The van der Waals surface area contributed by atoms with Crippen molar-refractivity contribution < 1.29 is 4.79 Å². The van der Waals surface area contributed by atoms with Gasteiger partial charge in [-0.25, -0.2) is 0 Å². The van der Waals surface area contributed by atoms with E-state index in [0.29, 0.717) is 5.92 Å². The molecule has 0 bridgehead atoms. The van der Waals surface area contributed by atoms with E-state index in [-0.39, 0.29) is 5.91 Å². The third-order valence-corrected chi connectivity index (χ3v) is 3.67. The van der Waals surface area contributed by atoms with Crippen LogP contribution < -0.4 is 5.32 Å². The summed E-state index contributed by atoms with van der Waals surface area (Å²) in [5.74, 6) is 0.548. The molecule has 1 aromatic rings. The van der Waals surface area contributed by atoms with Crippen LogP contribution in [0.25, 0.3) is 5.57 Å². The molecule has 0 saturated carbocycles. The molecule has 2 aliphatic rings. The first-order chi connectivity index (χ1) is 8.74. The highest BCUT2D eigenvalue weighted by Crippen LogP contribution is 2.34. The van der Waals surface area contributed by atoms with Gasteiger partial charge in [-0.2, -0.15) is 0 Å². The summed E-state index contributed by atoms with van der Waals surface area (Å²) in [5.41, 5.74) is 4.06. The van der Waals surface area contributed by atoms with Crippen LogP contribution in [0, 0.1) is 12.8 Å². The van der Waals surface area contributed by atoms with E-state index in [4.69, 9.17) is 0 Å². The molecule has 0 saturated heterocycles. The van der Waals surface area contributed by atoms with Gasteiger partial charge in [-0.3, -0.25) is 4.79 Å². The topological polar surface area (TPSA) is 29.1 Å². The lowest BCUT2D eigenvalue weighted by Gasteiger charge is -2.14. The molecule has 1 aromatic carbocycles. The van der Waals surface area contributed by atoms with Gasteiger partial charge in [0.1, 0.15) is 0 Å². The van der Waals surface area contributed by atoms with E-state index < -0.39 is 0 Å². The molecule has 0 aromatic heterocycles. The highest BCUT2D eigenvalue weighted by atomic mass is 16.2. The van der Waals surface area contributed by atoms with Crippen LogP contribution in [0.15, 0.2) is 36.4 Å².